The number of carbonyl (C=O) groups is 1. The molecule has 0 N–H and O–H groups in total. The van der Waals surface area contributed by atoms with E-state index in [1.54, 1.807) is 0 Å². The molecule has 2 unspecified atom stereocenters. The molecule has 0 heterocycles. The van der Waals surface area contributed by atoms with Crippen LogP contribution in [0, 0.1) is 0 Å². The van der Waals surface area contributed by atoms with E-state index < -0.39 is 0 Å². The highest BCUT2D eigenvalue weighted by Gasteiger charge is 2.42. The fraction of sp³-hybridized carbons (Fsp3) is 0.588. The molecule has 1 aromatic carbocycles. The van der Waals surface area contributed by atoms with E-state index in [0.29, 0.717) is 13.0 Å². The van der Waals surface area contributed by atoms with E-state index in [1.807, 2.05) is 19.1 Å². The van der Waals surface area contributed by atoms with Gasteiger partial charge in [-0.1, -0.05) is 39.8 Å². The zero-order valence-electron chi connectivity index (χ0n) is 12.8. The van der Waals surface area contributed by atoms with E-state index >= 15 is 0 Å². The van der Waals surface area contributed by atoms with E-state index in [-0.39, 0.29) is 23.4 Å². The van der Waals surface area contributed by atoms with Gasteiger partial charge in [-0.25, -0.2) is 0 Å². The summed E-state index contributed by atoms with van der Waals surface area (Å²) in [6.07, 6.45) is 0.849. The SMILES string of the molecule is CCCOC1C(=O)CC1Oc1cccc(C(C)(C)C)c1. The van der Waals surface area contributed by atoms with Crippen LogP contribution in [0.3, 0.4) is 0 Å². The average molecular weight is 276 g/mol. The number of benzene rings is 1. The van der Waals surface area contributed by atoms with Crippen molar-refractivity contribution in [1.82, 2.24) is 0 Å². The molecule has 1 saturated carbocycles. The molecule has 1 aliphatic rings. The second-order valence-corrected chi connectivity index (χ2v) is 6.40. The lowest BCUT2D eigenvalue weighted by molar-refractivity contribution is -0.154. The van der Waals surface area contributed by atoms with E-state index in [9.17, 15) is 4.79 Å². The van der Waals surface area contributed by atoms with Crippen LogP contribution < -0.4 is 4.74 Å². The number of hydrogen-bond acceptors (Lipinski definition) is 3. The zero-order valence-corrected chi connectivity index (χ0v) is 12.8. The second-order valence-electron chi connectivity index (χ2n) is 6.40. The normalized spacial score (nSPS) is 22.5. The maximum atomic E-state index is 11.6. The van der Waals surface area contributed by atoms with E-state index in [0.717, 1.165) is 12.2 Å². The van der Waals surface area contributed by atoms with Crippen LogP contribution in [0.4, 0.5) is 0 Å². The lowest BCUT2D eigenvalue weighted by atomic mass is 9.87. The molecule has 0 spiro atoms. The van der Waals surface area contributed by atoms with Gasteiger partial charge in [-0.3, -0.25) is 4.79 Å². The lowest BCUT2D eigenvalue weighted by Gasteiger charge is -2.35. The van der Waals surface area contributed by atoms with Crippen molar-refractivity contribution < 1.29 is 14.3 Å². The maximum Gasteiger partial charge on any atom is 0.169 e. The van der Waals surface area contributed by atoms with Crippen LogP contribution in [0.25, 0.3) is 0 Å². The molecule has 1 fully saturated rings. The van der Waals surface area contributed by atoms with Gasteiger partial charge >= 0.3 is 0 Å². The third-order valence-corrected chi connectivity index (χ3v) is 3.55. The molecule has 0 aliphatic heterocycles. The Labute approximate surface area is 121 Å². The molecule has 2 rings (SSSR count). The predicted octanol–water partition coefficient (Wildman–Crippen LogP) is 3.50. The van der Waals surface area contributed by atoms with Crippen molar-refractivity contribution in [2.24, 2.45) is 0 Å². The molecule has 110 valence electrons. The number of carbonyl (C=O) groups excluding carboxylic acids is 1. The third-order valence-electron chi connectivity index (χ3n) is 3.55. The Morgan fingerprint density at radius 2 is 2.05 bits per heavy atom. The van der Waals surface area contributed by atoms with Crippen molar-refractivity contribution in [1.29, 1.82) is 0 Å². The summed E-state index contributed by atoms with van der Waals surface area (Å²) in [6.45, 7) is 9.16. The molecule has 2 atom stereocenters. The Kier molecular flexibility index (Phi) is 4.48. The minimum absolute atomic E-state index is 0.0902. The van der Waals surface area contributed by atoms with Gasteiger partial charge in [0.2, 0.25) is 0 Å². The van der Waals surface area contributed by atoms with Crippen LogP contribution in [-0.2, 0) is 14.9 Å². The first-order valence-electron chi connectivity index (χ1n) is 7.33. The minimum atomic E-state index is -0.381. The number of rotatable bonds is 5. The van der Waals surface area contributed by atoms with Gasteiger partial charge < -0.3 is 9.47 Å². The quantitative estimate of drug-likeness (QED) is 0.825. The molecular weight excluding hydrogens is 252 g/mol. The summed E-state index contributed by atoms with van der Waals surface area (Å²) in [5, 5.41) is 0. The molecule has 3 heteroatoms. The summed E-state index contributed by atoms with van der Waals surface area (Å²) in [7, 11) is 0. The molecule has 1 aromatic rings. The van der Waals surface area contributed by atoms with Crippen LogP contribution in [0.15, 0.2) is 24.3 Å². The van der Waals surface area contributed by atoms with Crippen LogP contribution in [0.2, 0.25) is 0 Å². The van der Waals surface area contributed by atoms with Crippen LogP contribution in [-0.4, -0.2) is 24.6 Å². The van der Waals surface area contributed by atoms with Crippen molar-refractivity contribution in [3.8, 4) is 5.75 Å². The van der Waals surface area contributed by atoms with Gasteiger partial charge in [0.05, 0.1) is 0 Å². The van der Waals surface area contributed by atoms with Crippen LogP contribution in [0.5, 0.6) is 5.75 Å². The second kappa shape index (κ2) is 5.96. The summed E-state index contributed by atoms with van der Waals surface area (Å²) in [4.78, 5) is 11.6. The Bertz CT molecular complexity index is 473. The molecule has 0 saturated heterocycles. The van der Waals surface area contributed by atoms with Crippen molar-refractivity contribution in [2.45, 2.75) is 58.2 Å². The number of hydrogen-bond donors (Lipinski definition) is 0. The van der Waals surface area contributed by atoms with Crippen molar-refractivity contribution >= 4 is 5.78 Å². The molecule has 0 aromatic heterocycles. The van der Waals surface area contributed by atoms with Gasteiger partial charge in [0, 0.05) is 13.0 Å². The smallest absolute Gasteiger partial charge is 0.169 e. The summed E-state index contributed by atoms with van der Waals surface area (Å²) in [5.41, 5.74) is 1.32. The highest BCUT2D eigenvalue weighted by atomic mass is 16.5. The summed E-state index contributed by atoms with van der Waals surface area (Å²) in [6, 6.07) is 8.09. The minimum Gasteiger partial charge on any atom is -0.487 e. The summed E-state index contributed by atoms with van der Waals surface area (Å²) in [5.74, 6) is 0.968. The molecule has 0 radical (unpaired) electrons. The maximum absolute atomic E-state index is 11.6. The third kappa shape index (κ3) is 3.40. The number of ether oxygens (including phenoxy) is 2. The van der Waals surface area contributed by atoms with Gasteiger partial charge in [-0.05, 0) is 29.5 Å². The molecular formula is C17H24O3. The van der Waals surface area contributed by atoms with Gasteiger partial charge in [0.15, 0.2) is 11.9 Å². The standard InChI is InChI=1S/C17H24O3/c1-5-9-19-16-14(18)11-15(16)20-13-8-6-7-12(10-13)17(2,3)4/h6-8,10,15-16H,5,9,11H2,1-4H3. The largest absolute Gasteiger partial charge is 0.487 e. The monoisotopic (exact) mass is 276 g/mol. The zero-order chi connectivity index (χ0) is 14.8. The van der Waals surface area contributed by atoms with Crippen LogP contribution >= 0.6 is 0 Å². The first-order chi connectivity index (χ1) is 9.41. The molecule has 3 nitrogen and oxygen atoms in total. The molecule has 1 aliphatic carbocycles. The van der Waals surface area contributed by atoms with Gasteiger partial charge in [0.25, 0.3) is 0 Å². The molecule has 0 amide bonds. The van der Waals surface area contributed by atoms with E-state index in [1.165, 1.54) is 5.56 Å². The lowest BCUT2D eigenvalue weighted by Crippen LogP contribution is -2.52. The fourth-order valence-electron chi connectivity index (χ4n) is 2.23. The average Bonchev–Trinajstić information content (AvgIpc) is 2.38. The van der Waals surface area contributed by atoms with Gasteiger partial charge in [0.1, 0.15) is 11.9 Å². The van der Waals surface area contributed by atoms with Crippen molar-refractivity contribution in [3.05, 3.63) is 29.8 Å². The Morgan fingerprint density at radius 1 is 1.30 bits per heavy atom. The summed E-state index contributed by atoms with van der Waals surface area (Å²) >= 11 is 0. The van der Waals surface area contributed by atoms with Crippen molar-refractivity contribution in [3.63, 3.8) is 0 Å². The first-order valence-corrected chi connectivity index (χ1v) is 7.33. The van der Waals surface area contributed by atoms with Gasteiger partial charge in [-0.15, -0.1) is 0 Å². The Balaban J connectivity index is 2.02. The fourth-order valence-corrected chi connectivity index (χ4v) is 2.23. The van der Waals surface area contributed by atoms with E-state index in [2.05, 4.69) is 32.9 Å². The van der Waals surface area contributed by atoms with Gasteiger partial charge in [-0.2, -0.15) is 0 Å². The van der Waals surface area contributed by atoms with E-state index in [4.69, 9.17) is 9.47 Å². The topological polar surface area (TPSA) is 35.5 Å². The Hall–Kier alpha value is -1.35. The predicted molar refractivity (Wildman–Crippen MR) is 79.2 cm³/mol. The number of ketones is 1. The highest BCUT2D eigenvalue weighted by molar-refractivity contribution is 5.90. The summed E-state index contributed by atoms with van der Waals surface area (Å²) < 4.78 is 11.5. The molecule has 20 heavy (non-hydrogen) atoms. The highest BCUT2D eigenvalue weighted by Crippen LogP contribution is 2.29. The van der Waals surface area contributed by atoms with Crippen molar-refractivity contribution in [2.75, 3.05) is 6.61 Å². The van der Waals surface area contributed by atoms with Crippen LogP contribution in [0.1, 0.15) is 46.1 Å². The first kappa shape index (κ1) is 15.0. The number of Topliss-reactive ketones (excluding diaryl/α,β-unsaturated/α-hetero) is 1. The molecule has 0 bridgehead atoms. The Morgan fingerprint density at radius 3 is 2.65 bits per heavy atom.